The fraction of sp³-hybridized carbons (Fsp3) is 0.222. The van der Waals surface area contributed by atoms with Crippen LogP contribution in [0.4, 0.5) is 5.69 Å². The van der Waals surface area contributed by atoms with E-state index in [4.69, 9.17) is 5.73 Å². The maximum atomic E-state index is 11.2. The number of nitrogens with two attached hydrogens (primary N) is 1. The summed E-state index contributed by atoms with van der Waals surface area (Å²) in [5.74, 6) is -0.146. The van der Waals surface area contributed by atoms with E-state index in [1.54, 1.807) is 19.2 Å². The van der Waals surface area contributed by atoms with E-state index in [-0.39, 0.29) is 5.91 Å². The lowest BCUT2D eigenvalue weighted by Gasteiger charge is -2.04. The van der Waals surface area contributed by atoms with E-state index in [0.717, 1.165) is 5.56 Å². The number of amides is 1. The van der Waals surface area contributed by atoms with Crippen LogP contribution in [0.5, 0.6) is 0 Å². The summed E-state index contributed by atoms with van der Waals surface area (Å²) in [6.07, 6.45) is 0. The van der Waals surface area contributed by atoms with Crippen molar-refractivity contribution in [2.75, 3.05) is 12.8 Å². The van der Waals surface area contributed by atoms with Gasteiger partial charge in [0.1, 0.15) is 0 Å². The van der Waals surface area contributed by atoms with Crippen molar-refractivity contribution >= 4 is 11.6 Å². The van der Waals surface area contributed by atoms with E-state index < -0.39 is 0 Å². The molecular formula is C9H12N2O. The highest BCUT2D eigenvalue weighted by molar-refractivity contribution is 5.98. The lowest BCUT2D eigenvalue weighted by molar-refractivity contribution is 0.0964. The maximum absolute atomic E-state index is 11.2. The van der Waals surface area contributed by atoms with Crippen LogP contribution in [0.1, 0.15) is 15.9 Å². The number of nitrogen functional groups attached to an aromatic ring is 1. The van der Waals surface area contributed by atoms with Gasteiger partial charge in [-0.1, -0.05) is 6.07 Å². The molecule has 1 amide bonds. The van der Waals surface area contributed by atoms with Crippen molar-refractivity contribution in [1.82, 2.24) is 5.32 Å². The lowest BCUT2D eigenvalue weighted by Crippen LogP contribution is -2.19. The number of hydrogen-bond acceptors (Lipinski definition) is 2. The van der Waals surface area contributed by atoms with E-state index in [1.807, 2.05) is 13.0 Å². The van der Waals surface area contributed by atoms with Gasteiger partial charge in [0, 0.05) is 12.7 Å². The van der Waals surface area contributed by atoms with Crippen LogP contribution in [0.2, 0.25) is 0 Å². The van der Waals surface area contributed by atoms with E-state index in [1.165, 1.54) is 0 Å². The quantitative estimate of drug-likeness (QED) is 0.607. The number of carbonyl (C=O) groups is 1. The summed E-state index contributed by atoms with van der Waals surface area (Å²) < 4.78 is 0. The topological polar surface area (TPSA) is 55.1 Å². The minimum absolute atomic E-state index is 0.146. The van der Waals surface area contributed by atoms with E-state index >= 15 is 0 Å². The summed E-state index contributed by atoms with van der Waals surface area (Å²) in [7, 11) is 1.58. The zero-order valence-electron chi connectivity index (χ0n) is 7.22. The Labute approximate surface area is 71.6 Å². The van der Waals surface area contributed by atoms with Gasteiger partial charge in [0.05, 0.1) is 5.56 Å². The van der Waals surface area contributed by atoms with Crippen LogP contribution in [0, 0.1) is 6.92 Å². The molecule has 0 atom stereocenters. The molecular weight excluding hydrogens is 152 g/mol. The molecule has 1 rings (SSSR count). The molecule has 3 heteroatoms. The van der Waals surface area contributed by atoms with Gasteiger partial charge in [-0.05, 0) is 24.6 Å². The van der Waals surface area contributed by atoms with Crippen molar-refractivity contribution in [2.24, 2.45) is 0 Å². The molecule has 0 heterocycles. The van der Waals surface area contributed by atoms with Crippen LogP contribution in [0.3, 0.4) is 0 Å². The minimum atomic E-state index is -0.146. The molecule has 3 N–H and O–H groups in total. The molecule has 12 heavy (non-hydrogen) atoms. The third kappa shape index (κ3) is 1.56. The summed E-state index contributed by atoms with van der Waals surface area (Å²) in [6, 6.07) is 5.37. The number of hydrogen-bond donors (Lipinski definition) is 2. The first-order valence-corrected chi connectivity index (χ1v) is 3.73. The first kappa shape index (κ1) is 8.59. The summed E-state index contributed by atoms with van der Waals surface area (Å²) >= 11 is 0. The van der Waals surface area contributed by atoms with Crippen LogP contribution < -0.4 is 11.1 Å². The van der Waals surface area contributed by atoms with Crippen molar-refractivity contribution in [2.45, 2.75) is 6.92 Å². The number of benzene rings is 1. The summed E-state index contributed by atoms with van der Waals surface area (Å²) in [6.45, 7) is 1.93. The Balaban J connectivity index is 3.09. The average molecular weight is 164 g/mol. The van der Waals surface area contributed by atoms with Crippen molar-refractivity contribution < 1.29 is 4.79 Å². The van der Waals surface area contributed by atoms with Crippen LogP contribution in [0.25, 0.3) is 0 Å². The Morgan fingerprint density at radius 2 is 2.17 bits per heavy atom. The highest BCUT2D eigenvalue weighted by Gasteiger charge is 2.06. The smallest absolute Gasteiger partial charge is 0.253 e. The van der Waals surface area contributed by atoms with E-state index in [9.17, 15) is 4.79 Å². The monoisotopic (exact) mass is 164 g/mol. The Hall–Kier alpha value is -1.51. The zero-order chi connectivity index (χ0) is 9.14. The van der Waals surface area contributed by atoms with E-state index in [0.29, 0.717) is 11.3 Å². The van der Waals surface area contributed by atoms with Gasteiger partial charge in [-0.3, -0.25) is 4.79 Å². The second-order valence-electron chi connectivity index (χ2n) is 2.67. The number of carbonyl (C=O) groups excluding carboxylic acids is 1. The highest BCUT2D eigenvalue weighted by Crippen LogP contribution is 2.12. The van der Waals surface area contributed by atoms with Crippen LogP contribution in [-0.2, 0) is 0 Å². The molecule has 0 unspecified atom stereocenters. The molecule has 0 spiro atoms. The molecule has 0 saturated heterocycles. The SMILES string of the molecule is CNC(=O)c1ccc(C)cc1N. The van der Waals surface area contributed by atoms with Gasteiger partial charge in [-0.25, -0.2) is 0 Å². The Morgan fingerprint density at radius 3 is 2.67 bits per heavy atom. The van der Waals surface area contributed by atoms with Crippen molar-refractivity contribution in [3.05, 3.63) is 29.3 Å². The first-order chi connectivity index (χ1) is 5.65. The molecule has 0 fully saturated rings. The fourth-order valence-electron chi connectivity index (χ4n) is 1.02. The predicted octanol–water partition coefficient (Wildman–Crippen LogP) is 0.937. The lowest BCUT2D eigenvalue weighted by atomic mass is 10.1. The molecule has 0 bridgehead atoms. The van der Waals surface area contributed by atoms with Gasteiger partial charge < -0.3 is 11.1 Å². The molecule has 0 aliphatic heterocycles. The summed E-state index contributed by atoms with van der Waals surface area (Å²) in [4.78, 5) is 11.2. The Bertz CT molecular complexity index is 307. The van der Waals surface area contributed by atoms with Gasteiger partial charge in [-0.15, -0.1) is 0 Å². The van der Waals surface area contributed by atoms with Crippen molar-refractivity contribution in [3.63, 3.8) is 0 Å². The molecule has 0 aliphatic rings. The predicted molar refractivity (Wildman–Crippen MR) is 49.0 cm³/mol. The number of nitrogens with one attached hydrogen (secondary N) is 1. The van der Waals surface area contributed by atoms with Gasteiger partial charge in [0.25, 0.3) is 5.91 Å². The molecule has 1 aromatic carbocycles. The summed E-state index contributed by atoms with van der Waals surface area (Å²) in [5, 5.41) is 2.52. The molecule has 0 radical (unpaired) electrons. The molecule has 64 valence electrons. The van der Waals surface area contributed by atoms with Gasteiger partial charge in [-0.2, -0.15) is 0 Å². The van der Waals surface area contributed by atoms with Crippen LogP contribution >= 0.6 is 0 Å². The third-order valence-corrected chi connectivity index (χ3v) is 1.68. The maximum Gasteiger partial charge on any atom is 0.253 e. The second-order valence-corrected chi connectivity index (χ2v) is 2.67. The van der Waals surface area contributed by atoms with Crippen LogP contribution in [0.15, 0.2) is 18.2 Å². The molecule has 0 saturated carbocycles. The first-order valence-electron chi connectivity index (χ1n) is 3.73. The Morgan fingerprint density at radius 1 is 1.50 bits per heavy atom. The molecule has 0 aliphatic carbocycles. The molecule has 0 aromatic heterocycles. The van der Waals surface area contributed by atoms with E-state index in [2.05, 4.69) is 5.32 Å². The van der Waals surface area contributed by atoms with Crippen molar-refractivity contribution in [1.29, 1.82) is 0 Å². The van der Waals surface area contributed by atoms with Gasteiger partial charge in [0.15, 0.2) is 0 Å². The second kappa shape index (κ2) is 3.26. The third-order valence-electron chi connectivity index (χ3n) is 1.68. The van der Waals surface area contributed by atoms with Gasteiger partial charge >= 0.3 is 0 Å². The largest absolute Gasteiger partial charge is 0.398 e. The molecule has 3 nitrogen and oxygen atoms in total. The number of anilines is 1. The average Bonchev–Trinajstić information content (AvgIpc) is 2.03. The molecule has 1 aromatic rings. The zero-order valence-corrected chi connectivity index (χ0v) is 7.22. The van der Waals surface area contributed by atoms with Gasteiger partial charge in [0.2, 0.25) is 0 Å². The minimum Gasteiger partial charge on any atom is -0.398 e. The Kier molecular flexibility index (Phi) is 2.33. The fourth-order valence-corrected chi connectivity index (χ4v) is 1.02. The highest BCUT2D eigenvalue weighted by atomic mass is 16.1. The van der Waals surface area contributed by atoms with Crippen molar-refractivity contribution in [3.8, 4) is 0 Å². The number of aryl methyl sites for hydroxylation is 1. The normalized spacial score (nSPS) is 9.50. The summed E-state index contributed by atoms with van der Waals surface area (Å²) in [5.41, 5.74) is 7.75. The van der Waals surface area contributed by atoms with Crippen LogP contribution in [-0.4, -0.2) is 13.0 Å². The number of rotatable bonds is 1. The standard InChI is InChI=1S/C9H12N2O/c1-6-3-4-7(8(10)5-6)9(12)11-2/h3-5H,10H2,1-2H3,(H,11,12).